The number of nitrogens with zero attached hydrogens (tertiary/aromatic N) is 2. The quantitative estimate of drug-likeness (QED) is 0.772. The van der Waals surface area contributed by atoms with Gasteiger partial charge in [-0.25, -0.2) is 8.78 Å². The van der Waals surface area contributed by atoms with Crippen molar-refractivity contribution in [3.8, 4) is 0 Å². The first-order valence-electron chi connectivity index (χ1n) is 5.44. The van der Waals surface area contributed by atoms with Gasteiger partial charge < -0.3 is 10.2 Å². The van der Waals surface area contributed by atoms with Gasteiger partial charge in [-0.1, -0.05) is 0 Å². The van der Waals surface area contributed by atoms with Gasteiger partial charge in [0, 0.05) is 33.0 Å². The van der Waals surface area contributed by atoms with Gasteiger partial charge in [-0.15, -0.1) is 0 Å². The molecule has 0 aromatic heterocycles. The minimum Gasteiger partial charge on any atom is -0.356 e. The lowest BCUT2D eigenvalue weighted by molar-refractivity contribution is -0.111. The second-order valence-corrected chi connectivity index (χ2v) is 4.47. The lowest BCUT2D eigenvalue weighted by atomic mass is 9.79. The summed E-state index contributed by atoms with van der Waals surface area (Å²) in [5.41, 5.74) is 0. The van der Waals surface area contributed by atoms with Crippen molar-refractivity contribution in [2.24, 2.45) is 10.9 Å². The summed E-state index contributed by atoms with van der Waals surface area (Å²) in [6, 6.07) is 0. The predicted molar refractivity (Wildman–Crippen MR) is 55.2 cm³/mol. The van der Waals surface area contributed by atoms with Gasteiger partial charge >= 0.3 is 0 Å². The van der Waals surface area contributed by atoms with Crippen LogP contribution in [-0.4, -0.2) is 43.5 Å². The van der Waals surface area contributed by atoms with Crippen LogP contribution in [0.5, 0.6) is 0 Å². The molecule has 0 unspecified atom stereocenters. The highest BCUT2D eigenvalue weighted by Gasteiger charge is 2.44. The number of alkyl halides is 2. The molecule has 1 fully saturated rings. The van der Waals surface area contributed by atoms with Gasteiger partial charge in [0.05, 0.1) is 6.54 Å². The second-order valence-electron chi connectivity index (χ2n) is 4.47. The fourth-order valence-corrected chi connectivity index (χ4v) is 2.10. The SMILES string of the molecule is CN1CCN=C1NCCC1CC(F)(F)C1. The molecule has 0 aromatic carbocycles. The maximum atomic E-state index is 12.5. The number of halogens is 2. The van der Waals surface area contributed by atoms with Gasteiger partial charge in [0.15, 0.2) is 5.96 Å². The van der Waals surface area contributed by atoms with Crippen LogP contribution in [0, 0.1) is 5.92 Å². The molecule has 1 heterocycles. The number of hydrogen-bond donors (Lipinski definition) is 1. The molecule has 0 spiro atoms. The first-order chi connectivity index (χ1) is 7.07. The highest BCUT2D eigenvalue weighted by Crippen LogP contribution is 2.43. The van der Waals surface area contributed by atoms with E-state index >= 15 is 0 Å². The zero-order chi connectivity index (χ0) is 10.9. The van der Waals surface area contributed by atoms with Crippen molar-refractivity contribution in [3.63, 3.8) is 0 Å². The highest BCUT2D eigenvalue weighted by molar-refractivity contribution is 5.81. The smallest absolute Gasteiger partial charge is 0.248 e. The Morgan fingerprint density at radius 1 is 1.53 bits per heavy atom. The summed E-state index contributed by atoms with van der Waals surface area (Å²) in [6.07, 6.45) is 0.955. The summed E-state index contributed by atoms with van der Waals surface area (Å²) in [7, 11) is 1.98. The molecular formula is C10H17F2N3. The van der Waals surface area contributed by atoms with E-state index in [4.69, 9.17) is 0 Å². The van der Waals surface area contributed by atoms with E-state index < -0.39 is 5.92 Å². The van der Waals surface area contributed by atoms with Crippen LogP contribution in [0.15, 0.2) is 4.99 Å². The topological polar surface area (TPSA) is 27.6 Å². The van der Waals surface area contributed by atoms with Crippen LogP contribution in [0.1, 0.15) is 19.3 Å². The average Bonchev–Trinajstić information content (AvgIpc) is 2.48. The van der Waals surface area contributed by atoms with E-state index in [0.29, 0.717) is 0 Å². The van der Waals surface area contributed by atoms with E-state index in [2.05, 4.69) is 15.2 Å². The van der Waals surface area contributed by atoms with Crippen LogP contribution < -0.4 is 5.32 Å². The Bertz CT molecular complexity index is 257. The van der Waals surface area contributed by atoms with Gasteiger partial charge in [0.25, 0.3) is 0 Å². The zero-order valence-corrected chi connectivity index (χ0v) is 8.97. The molecule has 3 nitrogen and oxygen atoms in total. The summed E-state index contributed by atoms with van der Waals surface area (Å²) in [4.78, 5) is 6.32. The maximum Gasteiger partial charge on any atom is 0.248 e. The Balaban J connectivity index is 1.60. The summed E-state index contributed by atoms with van der Waals surface area (Å²) >= 11 is 0. The van der Waals surface area contributed by atoms with Gasteiger partial charge in [-0.3, -0.25) is 4.99 Å². The second kappa shape index (κ2) is 3.94. The van der Waals surface area contributed by atoms with Crippen molar-refractivity contribution in [1.29, 1.82) is 0 Å². The van der Waals surface area contributed by atoms with Crippen molar-refractivity contribution in [3.05, 3.63) is 0 Å². The molecule has 1 aliphatic carbocycles. The largest absolute Gasteiger partial charge is 0.356 e. The van der Waals surface area contributed by atoms with Crippen molar-refractivity contribution >= 4 is 5.96 Å². The van der Waals surface area contributed by atoms with Gasteiger partial charge in [0.2, 0.25) is 5.92 Å². The third kappa shape index (κ3) is 2.58. The fourth-order valence-electron chi connectivity index (χ4n) is 2.10. The maximum absolute atomic E-state index is 12.5. The van der Waals surface area contributed by atoms with Crippen molar-refractivity contribution < 1.29 is 8.78 Å². The van der Waals surface area contributed by atoms with Gasteiger partial charge in [0.1, 0.15) is 0 Å². The molecule has 1 N–H and O–H groups in total. The molecule has 86 valence electrons. The number of rotatable bonds is 3. The first-order valence-corrected chi connectivity index (χ1v) is 5.44. The van der Waals surface area contributed by atoms with Crippen molar-refractivity contribution in [2.75, 3.05) is 26.7 Å². The van der Waals surface area contributed by atoms with E-state index in [9.17, 15) is 8.78 Å². The Morgan fingerprint density at radius 3 is 2.80 bits per heavy atom. The molecule has 2 aliphatic rings. The molecule has 1 aliphatic heterocycles. The van der Waals surface area contributed by atoms with E-state index in [1.54, 1.807) is 0 Å². The van der Waals surface area contributed by atoms with Gasteiger partial charge in [-0.05, 0) is 12.3 Å². The van der Waals surface area contributed by atoms with Crippen LogP contribution in [0.2, 0.25) is 0 Å². The molecule has 15 heavy (non-hydrogen) atoms. The molecule has 0 aromatic rings. The Morgan fingerprint density at radius 2 is 2.27 bits per heavy atom. The Kier molecular flexibility index (Phi) is 2.80. The summed E-state index contributed by atoms with van der Waals surface area (Å²) < 4.78 is 25.1. The van der Waals surface area contributed by atoms with Crippen LogP contribution >= 0.6 is 0 Å². The first kappa shape index (κ1) is 10.6. The van der Waals surface area contributed by atoms with Crippen LogP contribution in [0.25, 0.3) is 0 Å². The standard InChI is InChI=1S/C10H17F2N3/c1-15-5-4-14-9(15)13-3-2-8-6-10(11,12)7-8/h8H,2-7H2,1H3,(H,13,14). The zero-order valence-electron chi connectivity index (χ0n) is 8.97. The third-order valence-electron chi connectivity index (χ3n) is 3.07. The molecule has 0 amide bonds. The van der Waals surface area contributed by atoms with Crippen molar-refractivity contribution in [2.45, 2.75) is 25.2 Å². The number of nitrogens with one attached hydrogen (secondary N) is 1. The van der Waals surface area contributed by atoms with E-state index in [1.807, 2.05) is 7.05 Å². The molecular weight excluding hydrogens is 200 g/mol. The molecule has 2 rings (SSSR count). The number of guanidine groups is 1. The Hall–Kier alpha value is -0.870. The molecule has 0 radical (unpaired) electrons. The monoisotopic (exact) mass is 217 g/mol. The summed E-state index contributed by atoms with van der Waals surface area (Å²) in [5, 5.41) is 3.19. The van der Waals surface area contributed by atoms with E-state index in [0.717, 1.165) is 32.0 Å². The number of hydrogen-bond acceptors (Lipinski definition) is 3. The van der Waals surface area contributed by atoms with E-state index in [1.165, 1.54) is 0 Å². The fraction of sp³-hybridized carbons (Fsp3) is 0.900. The molecule has 5 heteroatoms. The minimum atomic E-state index is -2.38. The van der Waals surface area contributed by atoms with Crippen LogP contribution in [0.3, 0.4) is 0 Å². The lowest BCUT2D eigenvalue weighted by Gasteiger charge is -2.35. The number of likely N-dealkylation sites (N-methyl/N-ethyl adjacent to an activating group) is 1. The molecule has 0 bridgehead atoms. The molecule has 1 saturated carbocycles. The predicted octanol–water partition coefficient (Wildman–Crippen LogP) is 1.31. The summed E-state index contributed by atoms with van der Waals surface area (Å²) in [5.74, 6) is -1.28. The number of aliphatic imine (C=N–C) groups is 1. The molecule has 0 saturated heterocycles. The Labute approximate surface area is 88.5 Å². The van der Waals surface area contributed by atoms with Crippen LogP contribution in [-0.2, 0) is 0 Å². The third-order valence-corrected chi connectivity index (χ3v) is 3.07. The van der Waals surface area contributed by atoms with Gasteiger partial charge in [-0.2, -0.15) is 0 Å². The lowest BCUT2D eigenvalue weighted by Crippen LogP contribution is -2.40. The van der Waals surface area contributed by atoms with E-state index in [-0.39, 0.29) is 18.8 Å². The normalized spacial score (nSPS) is 25.0. The van der Waals surface area contributed by atoms with Crippen molar-refractivity contribution in [1.82, 2.24) is 10.2 Å². The average molecular weight is 217 g/mol. The highest BCUT2D eigenvalue weighted by atomic mass is 19.3. The van der Waals surface area contributed by atoms with Crippen LogP contribution in [0.4, 0.5) is 8.78 Å². The molecule has 0 atom stereocenters. The minimum absolute atomic E-state index is 0.0665. The summed E-state index contributed by atoms with van der Waals surface area (Å²) in [6.45, 7) is 2.54.